The Morgan fingerprint density at radius 3 is 2.50 bits per heavy atom. The van der Waals surface area contributed by atoms with Gasteiger partial charge in [0.2, 0.25) is 0 Å². The van der Waals surface area contributed by atoms with Gasteiger partial charge in [-0.1, -0.05) is 12.1 Å². The minimum atomic E-state index is -3.78. The molecular weight excluding hydrogens is 378 g/mol. The summed E-state index contributed by atoms with van der Waals surface area (Å²) in [5.41, 5.74) is 1.48. The second kappa shape index (κ2) is 8.53. The number of methoxy groups -OCH3 is 1. The second-order valence-electron chi connectivity index (χ2n) is 5.87. The zero-order chi connectivity index (χ0) is 20.0. The fourth-order valence-corrected chi connectivity index (χ4v) is 3.51. The van der Waals surface area contributed by atoms with Crippen LogP contribution >= 0.6 is 0 Å². The molecular formula is C20H19N3O4S. The van der Waals surface area contributed by atoms with E-state index in [-0.39, 0.29) is 17.3 Å². The van der Waals surface area contributed by atoms with Crippen molar-refractivity contribution in [3.63, 3.8) is 0 Å². The Morgan fingerprint density at radius 1 is 1.04 bits per heavy atom. The van der Waals surface area contributed by atoms with Crippen LogP contribution in [0.5, 0.6) is 5.75 Å². The van der Waals surface area contributed by atoms with E-state index in [1.807, 2.05) is 6.07 Å². The molecule has 1 amide bonds. The molecule has 0 spiro atoms. The van der Waals surface area contributed by atoms with Crippen LogP contribution in [0.15, 0.2) is 77.8 Å². The summed E-state index contributed by atoms with van der Waals surface area (Å²) in [6.45, 7) is 0.289. The summed E-state index contributed by atoms with van der Waals surface area (Å²) in [6.07, 6.45) is 1.65. The van der Waals surface area contributed by atoms with Gasteiger partial charge in [-0.15, -0.1) is 0 Å². The molecule has 7 nitrogen and oxygen atoms in total. The maximum Gasteiger partial charge on any atom is 0.261 e. The van der Waals surface area contributed by atoms with E-state index in [9.17, 15) is 13.2 Å². The monoisotopic (exact) mass is 397 g/mol. The number of sulfonamides is 1. The molecule has 0 atom stereocenters. The Hall–Kier alpha value is -3.39. The van der Waals surface area contributed by atoms with Crippen LogP contribution in [0.3, 0.4) is 0 Å². The predicted octanol–water partition coefficient (Wildman–Crippen LogP) is 2.82. The summed E-state index contributed by atoms with van der Waals surface area (Å²) in [5, 5.41) is 2.75. The highest BCUT2D eigenvalue weighted by Crippen LogP contribution is 2.21. The highest BCUT2D eigenvalue weighted by Gasteiger charge is 2.15. The number of ether oxygens (including phenoxy) is 1. The average molecular weight is 397 g/mol. The van der Waals surface area contributed by atoms with Crippen molar-refractivity contribution in [2.75, 3.05) is 11.8 Å². The third-order valence-corrected chi connectivity index (χ3v) is 5.30. The number of benzene rings is 2. The van der Waals surface area contributed by atoms with E-state index in [1.54, 1.807) is 42.6 Å². The summed E-state index contributed by atoms with van der Waals surface area (Å²) >= 11 is 0. The number of carbonyl (C=O) groups excluding carboxylic acids is 1. The maximum absolute atomic E-state index is 12.5. The van der Waals surface area contributed by atoms with Crippen LogP contribution in [0.1, 0.15) is 16.1 Å². The number of hydrogen-bond donors (Lipinski definition) is 2. The number of aromatic nitrogens is 1. The van der Waals surface area contributed by atoms with Crippen LogP contribution in [-0.4, -0.2) is 26.4 Å². The van der Waals surface area contributed by atoms with E-state index in [0.29, 0.717) is 17.0 Å². The van der Waals surface area contributed by atoms with Gasteiger partial charge in [-0.2, -0.15) is 0 Å². The van der Waals surface area contributed by atoms with Gasteiger partial charge < -0.3 is 10.1 Å². The van der Waals surface area contributed by atoms with Crippen molar-refractivity contribution in [1.82, 2.24) is 10.3 Å². The molecule has 2 N–H and O–H groups in total. The standard InChI is InChI=1S/C20H19N3O4S/c1-27-18-7-4-6-16(13-18)23-28(25,26)19-10-8-15(9-11-19)20(24)22-14-17-5-2-3-12-21-17/h2-13,23H,14H2,1H3,(H,22,24). The van der Waals surface area contributed by atoms with Crippen molar-refractivity contribution in [3.05, 3.63) is 84.2 Å². The molecule has 0 saturated heterocycles. The number of rotatable bonds is 7. The van der Waals surface area contributed by atoms with Gasteiger partial charge in [0, 0.05) is 17.8 Å². The van der Waals surface area contributed by atoms with Gasteiger partial charge >= 0.3 is 0 Å². The fourth-order valence-electron chi connectivity index (χ4n) is 2.46. The number of carbonyl (C=O) groups is 1. The van der Waals surface area contributed by atoms with E-state index in [4.69, 9.17) is 4.74 Å². The first-order valence-electron chi connectivity index (χ1n) is 8.43. The smallest absolute Gasteiger partial charge is 0.261 e. The molecule has 2 aromatic carbocycles. The van der Waals surface area contributed by atoms with Gasteiger partial charge in [0.15, 0.2) is 0 Å². The Bertz CT molecular complexity index is 1050. The number of nitrogens with zero attached hydrogens (tertiary/aromatic N) is 1. The lowest BCUT2D eigenvalue weighted by atomic mass is 10.2. The Balaban J connectivity index is 1.67. The summed E-state index contributed by atoms with van der Waals surface area (Å²) in [4.78, 5) is 16.4. The highest BCUT2D eigenvalue weighted by molar-refractivity contribution is 7.92. The molecule has 0 saturated carbocycles. The molecule has 0 aliphatic carbocycles. The molecule has 0 aliphatic heterocycles. The highest BCUT2D eigenvalue weighted by atomic mass is 32.2. The van der Waals surface area contributed by atoms with Gasteiger partial charge in [-0.3, -0.25) is 14.5 Å². The third-order valence-electron chi connectivity index (χ3n) is 3.90. The minimum Gasteiger partial charge on any atom is -0.497 e. The Morgan fingerprint density at radius 2 is 1.82 bits per heavy atom. The third kappa shape index (κ3) is 4.86. The van der Waals surface area contributed by atoms with Gasteiger partial charge in [-0.25, -0.2) is 8.42 Å². The molecule has 144 valence electrons. The fraction of sp³-hybridized carbons (Fsp3) is 0.100. The number of nitrogens with one attached hydrogen (secondary N) is 2. The van der Waals surface area contributed by atoms with Crippen molar-refractivity contribution >= 4 is 21.6 Å². The minimum absolute atomic E-state index is 0.0524. The summed E-state index contributed by atoms with van der Waals surface area (Å²) in [5.74, 6) is 0.232. The van der Waals surface area contributed by atoms with Crippen LogP contribution < -0.4 is 14.8 Å². The molecule has 0 bridgehead atoms. The normalized spacial score (nSPS) is 10.9. The van der Waals surface area contributed by atoms with E-state index in [2.05, 4.69) is 15.0 Å². The zero-order valence-electron chi connectivity index (χ0n) is 15.1. The van der Waals surface area contributed by atoms with Crippen molar-refractivity contribution in [2.24, 2.45) is 0 Å². The summed E-state index contributed by atoms with van der Waals surface area (Å²) < 4.78 is 32.6. The first-order valence-corrected chi connectivity index (χ1v) is 9.91. The number of anilines is 1. The molecule has 3 rings (SSSR count). The maximum atomic E-state index is 12.5. The Labute approximate surface area is 163 Å². The van der Waals surface area contributed by atoms with E-state index < -0.39 is 10.0 Å². The number of pyridine rings is 1. The first-order chi connectivity index (χ1) is 13.5. The van der Waals surface area contributed by atoms with Gasteiger partial charge in [0.1, 0.15) is 5.75 Å². The lowest BCUT2D eigenvalue weighted by Crippen LogP contribution is -2.23. The number of amides is 1. The van der Waals surface area contributed by atoms with Crippen LogP contribution in [0.25, 0.3) is 0 Å². The van der Waals surface area contributed by atoms with Crippen LogP contribution in [0.4, 0.5) is 5.69 Å². The quantitative estimate of drug-likeness (QED) is 0.639. The summed E-state index contributed by atoms with van der Waals surface area (Å²) in [6, 6.07) is 17.8. The van der Waals surface area contributed by atoms with Gasteiger partial charge in [0.05, 0.1) is 29.9 Å². The number of hydrogen-bond acceptors (Lipinski definition) is 5. The predicted molar refractivity (Wildman–Crippen MR) is 106 cm³/mol. The van der Waals surface area contributed by atoms with Crippen molar-refractivity contribution < 1.29 is 17.9 Å². The molecule has 0 radical (unpaired) electrons. The van der Waals surface area contributed by atoms with Gasteiger partial charge in [0.25, 0.3) is 15.9 Å². The molecule has 8 heteroatoms. The topological polar surface area (TPSA) is 97.4 Å². The lowest BCUT2D eigenvalue weighted by Gasteiger charge is -2.10. The van der Waals surface area contributed by atoms with Crippen molar-refractivity contribution in [3.8, 4) is 5.75 Å². The first kappa shape index (κ1) is 19.4. The SMILES string of the molecule is COc1cccc(NS(=O)(=O)c2ccc(C(=O)NCc3ccccn3)cc2)c1. The van der Waals surface area contributed by atoms with E-state index in [1.165, 1.54) is 31.4 Å². The van der Waals surface area contributed by atoms with Crippen LogP contribution in [0, 0.1) is 0 Å². The largest absolute Gasteiger partial charge is 0.497 e. The molecule has 28 heavy (non-hydrogen) atoms. The molecule has 0 unspecified atom stereocenters. The zero-order valence-corrected chi connectivity index (χ0v) is 15.9. The van der Waals surface area contributed by atoms with Crippen LogP contribution in [-0.2, 0) is 16.6 Å². The molecule has 1 heterocycles. The van der Waals surface area contributed by atoms with Crippen molar-refractivity contribution in [2.45, 2.75) is 11.4 Å². The van der Waals surface area contributed by atoms with Crippen LogP contribution in [0.2, 0.25) is 0 Å². The molecule has 0 fully saturated rings. The Kier molecular flexibility index (Phi) is 5.90. The lowest BCUT2D eigenvalue weighted by molar-refractivity contribution is 0.0950. The molecule has 1 aromatic heterocycles. The van der Waals surface area contributed by atoms with Gasteiger partial charge in [-0.05, 0) is 48.5 Å². The van der Waals surface area contributed by atoms with E-state index >= 15 is 0 Å². The van der Waals surface area contributed by atoms with E-state index in [0.717, 1.165) is 5.69 Å². The average Bonchev–Trinajstić information content (AvgIpc) is 2.72. The van der Waals surface area contributed by atoms with Crippen molar-refractivity contribution in [1.29, 1.82) is 0 Å². The summed E-state index contributed by atoms with van der Waals surface area (Å²) in [7, 11) is -2.28. The second-order valence-corrected chi connectivity index (χ2v) is 7.55. The molecule has 0 aliphatic rings. The molecule has 3 aromatic rings.